The van der Waals surface area contributed by atoms with Crippen molar-refractivity contribution in [1.29, 1.82) is 0 Å². The Morgan fingerprint density at radius 3 is 0.825 bits per heavy atom. The minimum absolute atomic E-state index is 0.0337. The number of hydrogen-bond acceptors (Lipinski definition) is 4. The lowest BCUT2D eigenvalue weighted by molar-refractivity contribution is -0.144. The van der Waals surface area contributed by atoms with Crippen molar-refractivity contribution in [2.75, 3.05) is 13.2 Å². The molecule has 0 aromatic rings. The van der Waals surface area contributed by atoms with E-state index in [4.69, 9.17) is 9.47 Å². The maximum absolute atomic E-state index is 11.9. The summed E-state index contributed by atoms with van der Waals surface area (Å²) in [6.07, 6.45) is 36.2. The molecule has 0 heterocycles. The molecule has 0 aliphatic heterocycles. The zero-order chi connectivity index (χ0) is 29.2. The van der Waals surface area contributed by atoms with Gasteiger partial charge in [-0.25, -0.2) is 0 Å². The number of unbranched alkanes of at least 4 members (excludes halogenated alkanes) is 25. The van der Waals surface area contributed by atoms with E-state index in [1.165, 1.54) is 128 Å². The summed E-state index contributed by atoms with van der Waals surface area (Å²) < 4.78 is 10.8. The van der Waals surface area contributed by atoms with E-state index < -0.39 is 0 Å². The van der Waals surface area contributed by atoms with Gasteiger partial charge in [0.15, 0.2) is 0 Å². The van der Waals surface area contributed by atoms with Crippen LogP contribution >= 0.6 is 0 Å². The second-order valence-corrected chi connectivity index (χ2v) is 12.1. The van der Waals surface area contributed by atoms with Gasteiger partial charge in [-0.3, -0.25) is 9.59 Å². The average molecular weight is 567 g/mol. The predicted molar refractivity (Wildman–Crippen MR) is 172 cm³/mol. The van der Waals surface area contributed by atoms with Gasteiger partial charge < -0.3 is 9.47 Å². The summed E-state index contributed by atoms with van der Waals surface area (Å²) in [4.78, 5) is 23.8. The number of rotatable bonds is 33. The van der Waals surface area contributed by atoms with Crippen LogP contribution in [0.4, 0.5) is 0 Å². The normalized spacial score (nSPS) is 11.2. The van der Waals surface area contributed by atoms with Crippen molar-refractivity contribution in [3.05, 3.63) is 0 Å². The Balaban J connectivity index is 3.24. The number of carbonyl (C=O) groups is 2. The van der Waals surface area contributed by atoms with Crippen molar-refractivity contribution in [2.45, 2.75) is 206 Å². The van der Waals surface area contributed by atoms with Crippen LogP contribution in [0.3, 0.4) is 0 Å². The Bertz CT molecular complexity index is 519. The molecule has 40 heavy (non-hydrogen) atoms. The van der Waals surface area contributed by atoms with Gasteiger partial charge in [-0.2, -0.15) is 0 Å². The Morgan fingerprint density at radius 2 is 0.550 bits per heavy atom. The van der Waals surface area contributed by atoms with Gasteiger partial charge in [0, 0.05) is 12.8 Å². The molecule has 238 valence electrons. The van der Waals surface area contributed by atoms with Crippen LogP contribution < -0.4 is 0 Å². The maximum Gasteiger partial charge on any atom is 0.305 e. The lowest BCUT2D eigenvalue weighted by Gasteiger charge is -2.06. The van der Waals surface area contributed by atoms with Gasteiger partial charge in [-0.1, -0.05) is 168 Å². The highest BCUT2D eigenvalue weighted by atomic mass is 16.5. The largest absolute Gasteiger partial charge is 0.466 e. The van der Waals surface area contributed by atoms with Crippen LogP contribution in [0.5, 0.6) is 0 Å². The summed E-state index contributed by atoms with van der Waals surface area (Å²) in [6, 6.07) is 0. The first kappa shape index (κ1) is 38.9. The zero-order valence-corrected chi connectivity index (χ0v) is 27.3. The highest BCUT2D eigenvalue weighted by Gasteiger charge is 2.04. The summed E-state index contributed by atoms with van der Waals surface area (Å²) in [5.74, 6) is -0.0699. The topological polar surface area (TPSA) is 52.6 Å². The second kappa shape index (κ2) is 34.1. The van der Waals surface area contributed by atoms with Gasteiger partial charge in [0.25, 0.3) is 0 Å². The molecular formula is C36H70O4. The van der Waals surface area contributed by atoms with E-state index in [0.717, 1.165) is 51.4 Å². The second-order valence-electron chi connectivity index (χ2n) is 12.1. The summed E-state index contributed by atoms with van der Waals surface area (Å²) in [6.45, 7) is 5.71. The third-order valence-corrected chi connectivity index (χ3v) is 8.03. The first-order chi connectivity index (χ1) is 19.7. The van der Waals surface area contributed by atoms with Crippen LogP contribution in [0.1, 0.15) is 206 Å². The average Bonchev–Trinajstić information content (AvgIpc) is 2.95. The Hall–Kier alpha value is -1.06. The van der Waals surface area contributed by atoms with E-state index in [9.17, 15) is 9.59 Å². The number of esters is 2. The molecule has 4 nitrogen and oxygen atoms in total. The fraction of sp³-hybridized carbons (Fsp3) is 0.944. The van der Waals surface area contributed by atoms with Gasteiger partial charge in [0.2, 0.25) is 0 Å². The SMILES string of the molecule is CCCCCCCCCCCCCCCOC(=O)CCCCCCCCC(=O)OCCCCCCCCCCC. The molecule has 0 aliphatic rings. The fourth-order valence-electron chi connectivity index (χ4n) is 5.29. The van der Waals surface area contributed by atoms with E-state index in [-0.39, 0.29) is 11.9 Å². The molecule has 0 bridgehead atoms. The monoisotopic (exact) mass is 567 g/mol. The van der Waals surface area contributed by atoms with Crippen molar-refractivity contribution >= 4 is 11.9 Å². The molecule has 0 fully saturated rings. The van der Waals surface area contributed by atoms with Gasteiger partial charge in [-0.05, 0) is 25.7 Å². The van der Waals surface area contributed by atoms with Crippen LogP contribution in [-0.4, -0.2) is 25.2 Å². The molecule has 0 aromatic carbocycles. The van der Waals surface area contributed by atoms with Crippen molar-refractivity contribution < 1.29 is 19.1 Å². The highest BCUT2D eigenvalue weighted by Crippen LogP contribution is 2.14. The Labute approximate surface area is 250 Å². The third-order valence-electron chi connectivity index (χ3n) is 8.03. The van der Waals surface area contributed by atoms with E-state index in [1.54, 1.807) is 0 Å². The van der Waals surface area contributed by atoms with Crippen LogP contribution in [0.15, 0.2) is 0 Å². The molecule has 0 saturated heterocycles. The molecule has 4 heteroatoms. The van der Waals surface area contributed by atoms with E-state index >= 15 is 0 Å². The fourth-order valence-corrected chi connectivity index (χ4v) is 5.29. The quantitative estimate of drug-likeness (QED) is 0.0585. The molecule has 0 atom stereocenters. The summed E-state index contributed by atoms with van der Waals surface area (Å²) in [5.41, 5.74) is 0. The summed E-state index contributed by atoms with van der Waals surface area (Å²) >= 11 is 0. The third kappa shape index (κ3) is 33.1. The summed E-state index contributed by atoms with van der Waals surface area (Å²) in [7, 11) is 0. The first-order valence-corrected chi connectivity index (χ1v) is 18.0. The molecule has 0 unspecified atom stereocenters. The van der Waals surface area contributed by atoms with Crippen LogP contribution in [0.2, 0.25) is 0 Å². The smallest absolute Gasteiger partial charge is 0.305 e. The standard InChI is InChI=1S/C36H70O4/c1-3-5-7-9-11-13-14-15-16-18-22-26-30-34-40-36(38)32-28-24-20-19-23-27-31-35(37)39-33-29-25-21-17-12-10-8-6-4-2/h3-34H2,1-2H3. The molecule has 0 amide bonds. The van der Waals surface area contributed by atoms with Crippen LogP contribution in [0.25, 0.3) is 0 Å². The Kier molecular flexibility index (Phi) is 33.2. The lowest BCUT2D eigenvalue weighted by Crippen LogP contribution is -2.06. The van der Waals surface area contributed by atoms with Crippen molar-refractivity contribution in [3.8, 4) is 0 Å². The molecule has 0 aromatic heterocycles. The van der Waals surface area contributed by atoms with Gasteiger partial charge >= 0.3 is 11.9 Å². The summed E-state index contributed by atoms with van der Waals surface area (Å²) in [5, 5.41) is 0. The Morgan fingerprint density at radius 1 is 0.325 bits per heavy atom. The van der Waals surface area contributed by atoms with Gasteiger partial charge in [0.05, 0.1) is 13.2 Å². The molecular weight excluding hydrogens is 496 g/mol. The molecule has 0 N–H and O–H groups in total. The van der Waals surface area contributed by atoms with Gasteiger partial charge in [-0.15, -0.1) is 0 Å². The minimum Gasteiger partial charge on any atom is -0.466 e. The zero-order valence-electron chi connectivity index (χ0n) is 27.3. The number of carbonyl (C=O) groups excluding carboxylic acids is 2. The van der Waals surface area contributed by atoms with Crippen LogP contribution in [-0.2, 0) is 19.1 Å². The molecule has 0 aliphatic carbocycles. The van der Waals surface area contributed by atoms with E-state index in [0.29, 0.717) is 26.1 Å². The van der Waals surface area contributed by atoms with E-state index in [1.807, 2.05) is 0 Å². The molecule has 0 saturated carbocycles. The lowest BCUT2D eigenvalue weighted by atomic mass is 10.0. The molecule has 0 spiro atoms. The highest BCUT2D eigenvalue weighted by molar-refractivity contribution is 5.69. The first-order valence-electron chi connectivity index (χ1n) is 18.0. The molecule has 0 rings (SSSR count). The van der Waals surface area contributed by atoms with Crippen molar-refractivity contribution in [1.82, 2.24) is 0 Å². The van der Waals surface area contributed by atoms with Crippen molar-refractivity contribution in [2.24, 2.45) is 0 Å². The molecule has 0 radical (unpaired) electrons. The van der Waals surface area contributed by atoms with E-state index in [2.05, 4.69) is 13.8 Å². The number of ether oxygens (including phenoxy) is 2. The van der Waals surface area contributed by atoms with Gasteiger partial charge in [0.1, 0.15) is 0 Å². The number of hydrogen-bond donors (Lipinski definition) is 0. The van der Waals surface area contributed by atoms with Crippen LogP contribution in [0, 0.1) is 0 Å². The predicted octanol–water partition coefficient (Wildman–Crippen LogP) is 11.8. The minimum atomic E-state index is -0.0363. The van der Waals surface area contributed by atoms with Crippen molar-refractivity contribution in [3.63, 3.8) is 0 Å². The maximum atomic E-state index is 11.9.